The highest BCUT2D eigenvalue weighted by atomic mass is 16.5. The third-order valence-electron chi connectivity index (χ3n) is 4.44. The van der Waals surface area contributed by atoms with E-state index in [4.69, 9.17) is 10.5 Å². The van der Waals surface area contributed by atoms with E-state index in [0.717, 1.165) is 57.0 Å². The Morgan fingerprint density at radius 3 is 2.96 bits per heavy atom. The molecule has 1 fully saturated rings. The van der Waals surface area contributed by atoms with E-state index >= 15 is 0 Å². The van der Waals surface area contributed by atoms with Crippen LogP contribution in [0.3, 0.4) is 0 Å². The molecule has 1 atom stereocenters. The van der Waals surface area contributed by atoms with Crippen LogP contribution in [0.5, 0.6) is 0 Å². The van der Waals surface area contributed by atoms with Crippen molar-refractivity contribution >= 4 is 11.8 Å². The number of nitrogens with zero attached hydrogens (tertiary/aromatic N) is 3. The molecule has 2 aromatic rings. The van der Waals surface area contributed by atoms with Gasteiger partial charge < -0.3 is 15.8 Å². The lowest BCUT2D eigenvalue weighted by Gasteiger charge is -2.24. The maximum Gasteiger partial charge on any atom is 0.221 e. The number of ether oxygens (including phenoxy) is 1. The maximum absolute atomic E-state index is 6.02. The molecule has 0 saturated carbocycles. The number of anilines is 2. The quantitative estimate of drug-likeness (QED) is 0.840. The van der Waals surface area contributed by atoms with Gasteiger partial charge in [-0.15, -0.1) is 0 Å². The fourth-order valence-corrected chi connectivity index (χ4v) is 3.12. The van der Waals surface area contributed by atoms with Gasteiger partial charge in [0.2, 0.25) is 5.95 Å². The van der Waals surface area contributed by atoms with E-state index in [1.807, 2.05) is 0 Å². The number of rotatable bonds is 6. The summed E-state index contributed by atoms with van der Waals surface area (Å²) in [5.74, 6) is 1.12. The van der Waals surface area contributed by atoms with Gasteiger partial charge in [-0.3, -0.25) is 4.90 Å². The summed E-state index contributed by atoms with van der Waals surface area (Å²) >= 11 is 0. The first-order chi connectivity index (χ1) is 12.2. The van der Waals surface area contributed by atoms with Crippen molar-refractivity contribution in [1.29, 1.82) is 0 Å². The summed E-state index contributed by atoms with van der Waals surface area (Å²) < 4.78 is 6.02. The molecule has 0 aliphatic carbocycles. The molecule has 1 unspecified atom stereocenters. The van der Waals surface area contributed by atoms with Gasteiger partial charge in [-0.2, -0.15) is 4.98 Å². The fourth-order valence-electron chi connectivity index (χ4n) is 3.12. The highest BCUT2D eigenvalue weighted by Gasteiger charge is 2.19. The number of aryl methyl sites for hydroxylation is 1. The van der Waals surface area contributed by atoms with Crippen LogP contribution in [0.1, 0.15) is 24.5 Å². The number of aromatic nitrogens is 2. The summed E-state index contributed by atoms with van der Waals surface area (Å²) in [6.07, 6.45) is 3.85. The van der Waals surface area contributed by atoms with Crippen molar-refractivity contribution in [1.82, 2.24) is 14.9 Å². The molecule has 134 valence electrons. The predicted octanol–water partition coefficient (Wildman–Crippen LogP) is 2.32. The molecule has 6 nitrogen and oxygen atoms in total. The van der Waals surface area contributed by atoms with Crippen LogP contribution in [-0.2, 0) is 17.7 Å². The molecule has 0 spiro atoms. The highest BCUT2D eigenvalue weighted by molar-refractivity contribution is 5.46. The second-order valence-electron chi connectivity index (χ2n) is 6.40. The molecule has 0 bridgehead atoms. The molecule has 1 aliphatic rings. The van der Waals surface area contributed by atoms with Crippen LogP contribution in [-0.4, -0.2) is 47.2 Å². The Hall–Kier alpha value is -2.18. The lowest BCUT2D eigenvalue weighted by Crippen LogP contribution is -2.35. The molecule has 25 heavy (non-hydrogen) atoms. The maximum atomic E-state index is 6.02. The van der Waals surface area contributed by atoms with Gasteiger partial charge in [0, 0.05) is 44.5 Å². The Balaban J connectivity index is 1.59. The van der Waals surface area contributed by atoms with Crippen molar-refractivity contribution in [2.75, 3.05) is 37.3 Å². The second kappa shape index (κ2) is 8.78. The molecule has 6 heteroatoms. The Morgan fingerprint density at radius 1 is 1.32 bits per heavy atom. The summed E-state index contributed by atoms with van der Waals surface area (Å²) in [4.78, 5) is 10.9. The normalized spacial score (nSPS) is 18.7. The van der Waals surface area contributed by atoms with Crippen LogP contribution in [0.2, 0.25) is 0 Å². The van der Waals surface area contributed by atoms with Crippen molar-refractivity contribution in [3.05, 3.63) is 47.7 Å². The largest absolute Gasteiger partial charge is 0.375 e. The molecule has 1 aliphatic heterocycles. The molecule has 1 aromatic carbocycles. The molecular weight excluding hydrogens is 314 g/mol. The van der Waals surface area contributed by atoms with Gasteiger partial charge in [0.1, 0.15) is 5.82 Å². The van der Waals surface area contributed by atoms with Gasteiger partial charge in [-0.05, 0) is 18.4 Å². The first-order valence-electron chi connectivity index (χ1n) is 8.97. The van der Waals surface area contributed by atoms with Gasteiger partial charge in [-0.25, -0.2) is 4.98 Å². The van der Waals surface area contributed by atoms with Gasteiger partial charge in [0.25, 0.3) is 0 Å². The molecule has 2 heterocycles. The standard InChI is InChI=1S/C19H27N5O/c1-2-16-11-22-19(20)23-18(16)21-12-17-14-24(9-6-10-25-17)13-15-7-4-3-5-8-15/h3-5,7-8,11,17H,2,6,9-10,12-14H2,1H3,(H3,20,21,22,23). The highest BCUT2D eigenvalue weighted by Crippen LogP contribution is 2.15. The average Bonchev–Trinajstić information content (AvgIpc) is 2.86. The summed E-state index contributed by atoms with van der Waals surface area (Å²) in [7, 11) is 0. The first kappa shape index (κ1) is 17.6. The predicted molar refractivity (Wildman–Crippen MR) is 100 cm³/mol. The molecule has 3 rings (SSSR count). The van der Waals surface area contributed by atoms with Crippen molar-refractivity contribution in [3.63, 3.8) is 0 Å². The van der Waals surface area contributed by atoms with Crippen LogP contribution in [0.4, 0.5) is 11.8 Å². The van der Waals surface area contributed by atoms with E-state index in [1.165, 1.54) is 5.56 Å². The van der Waals surface area contributed by atoms with E-state index in [9.17, 15) is 0 Å². The summed E-state index contributed by atoms with van der Waals surface area (Å²) in [5, 5.41) is 3.40. The lowest BCUT2D eigenvalue weighted by molar-refractivity contribution is 0.0624. The third kappa shape index (κ3) is 5.14. The molecular formula is C19H27N5O. The smallest absolute Gasteiger partial charge is 0.221 e. The van der Waals surface area contributed by atoms with Crippen LogP contribution >= 0.6 is 0 Å². The summed E-state index contributed by atoms with van der Waals surface area (Å²) in [5.41, 5.74) is 8.14. The monoisotopic (exact) mass is 341 g/mol. The Bertz CT molecular complexity index is 664. The molecule has 0 radical (unpaired) electrons. The topological polar surface area (TPSA) is 76.3 Å². The number of nitrogen functional groups attached to an aromatic ring is 1. The SMILES string of the molecule is CCc1cnc(N)nc1NCC1CN(Cc2ccccc2)CCCO1. The third-order valence-corrected chi connectivity index (χ3v) is 4.44. The van der Waals surface area contributed by atoms with Gasteiger partial charge in [0.05, 0.1) is 6.10 Å². The number of hydrogen-bond acceptors (Lipinski definition) is 6. The average molecular weight is 341 g/mol. The Labute approximate surface area is 149 Å². The molecule has 3 N–H and O–H groups in total. The van der Waals surface area contributed by atoms with Crippen LogP contribution in [0.25, 0.3) is 0 Å². The minimum Gasteiger partial charge on any atom is -0.375 e. The number of hydrogen-bond donors (Lipinski definition) is 2. The fraction of sp³-hybridized carbons (Fsp3) is 0.474. The lowest BCUT2D eigenvalue weighted by atomic mass is 10.2. The first-order valence-corrected chi connectivity index (χ1v) is 8.97. The van der Waals surface area contributed by atoms with Crippen molar-refractivity contribution in [2.45, 2.75) is 32.4 Å². The molecule has 1 aromatic heterocycles. The Morgan fingerprint density at radius 2 is 2.16 bits per heavy atom. The summed E-state index contributed by atoms with van der Waals surface area (Å²) in [6, 6.07) is 10.6. The van der Waals surface area contributed by atoms with E-state index < -0.39 is 0 Å². The minimum absolute atomic E-state index is 0.132. The van der Waals surface area contributed by atoms with Crippen molar-refractivity contribution in [3.8, 4) is 0 Å². The van der Waals surface area contributed by atoms with Gasteiger partial charge in [-0.1, -0.05) is 37.3 Å². The summed E-state index contributed by atoms with van der Waals surface area (Å²) in [6.45, 7) is 6.53. The number of nitrogens with one attached hydrogen (secondary N) is 1. The number of benzene rings is 1. The van der Waals surface area contributed by atoms with Crippen LogP contribution < -0.4 is 11.1 Å². The van der Waals surface area contributed by atoms with E-state index in [-0.39, 0.29) is 6.10 Å². The Kier molecular flexibility index (Phi) is 6.19. The molecule has 1 saturated heterocycles. The van der Waals surface area contributed by atoms with E-state index in [1.54, 1.807) is 6.20 Å². The van der Waals surface area contributed by atoms with Gasteiger partial charge >= 0.3 is 0 Å². The zero-order chi connectivity index (χ0) is 17.5. The van der Waals surface area contributed by atoms with Crippen LogP contribution in [0.15, 0.2) is 36.5 Å². The van der Waals surface area contributed by atoms with Gasteiger partial charge in [0.15, 0.2) is 0 Å². The second-order valence-corrected chi connectivity index (χ2v) is 6.40. The van der Waals surface area contributed by atoms with Crippen LogP contribution in [0, 0.1) is 0 Å². The zero-order valence-corrected chi connectivity index (χ0v) is 14.8. The zero-order valence-electron chi connectivity index (χ0n) is 14.8. The van der Waals surface area contributed by atoms with Crippen molar-refractivity contribution in [2.24, 2.45) is 0 Å². The molecule has 0 amide bonds. The van der Waals surface area contributed by atoms with E-state index in [2.05, 4.69) is 57.4 Å². The van der Waals surface area contributed by atoms with Crippen molar-refractivity contribution < 1.29 is 4.74 Å². The number of nitrogens with two attached hydrogens (primary N) is 1. The van der Waals surface area contributed by atoms with E-state index in [0.29, 0.717) is 5.95 Å². The minimum atomic E-state index is 0.132.